The van der Waals surface area contributed by atoms with E-state index >= 15 is 0 Å². The molecule has 0 aromatic carbocycles. The van der Waals surface area contributed by atoms with E-state index in [2.05, 4.69) is 25.3 Å². The SMILES string of the molecule is CCN(CC)c1nc(Cl)nc(NCc2ccccn2)n1. The minimum absolute atomic E-state index is 0.186. The quantitative estimate of drug-likeness (QED) is 0.882. The molecule has 2 heterocycles. The average Bonchev–Trinajstić information content (AvgIpc) is 2.47. The summed E-state index contributed by atoms with van der Waals surface area (Å²) >= 11 is 5.95. The lowest BCUT2D eigenvalue weighted by Crippen LogP contribution is -2.25. The molecule has 2 rings (SSSR count). The third-order valence-corrected chi connectivity index (χ3v) is 2.97. The van der Waals surface area contributed by atoms with Crippen LogP contribution in [0.15, 0.2) is 24.4 Å². The molecule has 2 aromatic rings. The lowest BCUT2D eigenvalue weighted by molar-refractivity contribution is 0.810. The maximum absolute atomic E-state index is 5.95. The molecular weight excluding hydrogens is 276 g/mol. The van der Waals surface area contributed by atoms with Gasteiger partial charge in [-0.1, -0.05) is 6.07 Å². The van der Waals surface area contributed by atoms with Crippen LogP contribution in [0, 0.1) is 0 Å². The molecule has 0 radical (unpaired) electrons. The normalized spacial score (nSPS) is 10.3. The van der Waals surface area contributed by atoms with Crippen LogP contribution < -0.4 is 10.2 Å². The second-order valence-corrected chi connectivity index (χ2v) is 4.41. The Hall–Kier alpha value is -1.95. The van der Waals surface area contributed by atoms with Gasteiger partial charge in [0.15, 0.2) is 0 Å². The smallest absolute Gasteiger partial charge is 0.231 e. The van der Waals surface area contributed by atoms with Gasteiger partial charge in [0.25, 0.3) is 0 Å². The van der Waals surface area contributed by atoms with Gasteiger partial charge in [-0.15, -0.1) is 0 Å². The van der Waals surface area contributed by atoms with Crippen LogP contribution in [0.5, 0.6) is 0 Å². The summed E-state index contributed by atoms with van der Waals surface area (Å²) in [4.78, 5) is 18.8. The summed E-state index contributed by atoms with van der Waals surface area (Å²) in [5.74, 6) is 1.04. The maximum atomic E-state index is 5.95. The highest BCUT2D eigenvalue weighted by molar-refractivity contribution is 6.28. The lowest BCUT2D eigenvalue weighted by atomic mass is 10.3. The monoisotopic (exact) mass is 292 g/mol. The Labute approximate surface area is 123 Å². The van der Waals surface area contributed by atoms with Crippen LogP contribution in [0.25, 0.3) is 0 Å². The molecule has 0 atom stereocenters. The number of rotatable bonds is 6. The van der Waals surface area contributed by atoms with Gasteiger partial charge in [-0.05, 0) is 37.6 Å². The zero-order chi connectivity index (χ0) is 14.4. The number of anilines is 2. The third kappa shape index (κ3) is 3.77. The van der Waals surface area contributed by atoms with E-state index in [1.54, 1.807) is 6.20 Å². The van der Waals surface area contributed by atoms with Crippen molar-refractivity contribution in [2.45, 2.75) is 20.4 Å². The van der Waals surface area contributed by atoms with Crippen molar-refractivity contribution in [3.05, 3.63) is 35.4 Å². The van der Waals surface area contributed by atoms with E-state index in [1.165, 1.54) is 0 Å². The number of aromatic nitrogens is 4. The summed E-state index contributed by atoms with van der Waals surface area (Å²) in [6, 6.07) is 5.74. The van der Waals surface area contributed by atoms with Crippen molar-refractivity contribution in [2.24, 2.45) is 0 Å². The molecule has 0 aliphatic rings. The standard InChI is InChI=1S/C13H17ClN6/c1-3-20(4-2)13-18-11(14)17-12(19-13)16-9-10-7-5-6-8-15-10/h5-8H,3-4,9H2,1-2H3,(H,16,17,18,19). The molecule has 6 nitrogen and oxygen atoms in total. The Morgan fingerprint density at radius 1 is 1.15 bits per heavy atom. The van der Waals surface area contributed by atoms with Crippen molar-refractivity contribution in [3.8, 4) is 0 Å². The molecular formula is C13H17ClN6. The zero-order valence-electron chi connectivity index (χ0n) is 11.5. The number of pyridine rings is 1. The summed E-state index contributed by atoms with van der Waals surface area (Å²) < 4.78 is 0. The van der Waals surface area contributed by atoms with Gasteiger partial charge in [0, 0.05) is 19.3 Å². The Kier molecular flexibility index (Phi) is 5.06. The summed E-state index contributed by atoms with van der Waals surface area (Å²) in [7, 11) is 0. The predicted octanol–water partition coefficient (Wildman–Crippen LogP) is 2.38. The molecule has 1 N–H and O–H groups in total. The van der Waals surface area contributed by atoms with Gasteiger partial charge in [0.2, 0.25) is 17.2 Å². The lowest BCUT2D eigenvalue weighted by Gasteiger charge is -2.18. The minimum atomic E-state index is 0.186. The number of hydrogen-bond acceptors (Lipinski definition) is 6. The average molecular weight is 293 g/mol. The Balaban J connectivity index is 2.12. The molecule has 7 heteroatoms. The van der Waals surface area contributed by atoms with E-state index in [0.29, 0.717) is 18.4 Å². The zero-order valence-corrected chi connectivity index (χ0v) is 12.3. The third-order valence-electron chi connectivity index (χ3n) is 2.80. The van der Waals surface area contributed by atoms with Crippen molar-refractivity contribution in [2.75, 3.05) is 23.3 Å². The van der Waals surface area contributed by atoms with E-state index in [1.807, 2.05) is 36.9 Å². The largest absolute Gasteiger partial charge is 0.348 e. The highest BCUT2D eigenvalue weighted by Crippen LogP contribution is 2.13. The molecule has 20 heavy (non-hydrogen) atoms. The summed E-state index contributed by atoms with van der Waals surface area (Å²) in [5.41, 5.74) is 0.911. The van der Waals surface area contributed by atoms with Crippen molar-refractivity contribution in [1.29, 1.82) is 0 Å². The van der Waals surface area contributed by atoms with Crippen LogP contribution in [0.2, 0.25) is 5.28 Å². The van der Waals surface area contributed by atoms with E-state index < -0.39 is 0 Å². The summed E-state index contributed by atoms with van der Waals surface area (Å²) in [6.07, 6.45) is 1.75. The fourth-order valence-corrected chi connectivity index (χ4v) is 1.89. The van der Waals surface area contributed by atoms with Gasteiger partial charge in [-0.3, -0.25) is 4.98 Å². The molecule has 0 bridgehead atoms. The van der Waals surface area contributed by atoms with Crippen LogP contribution in [-0.4, -0.2) is 33.0 Å². The molecule has 0 unspecified atom stereocenters. The van der Waals surface area contributed by atoms with Crippen molar-refractivity contribution >= 4 is 23.5 Å². The maximum Gasteiger partial charge on any atom is 0.231 e. The number of nitrogens with zero attached hydrogens (tertiary/aromatic N) is 5. The van der Waals surface area contributed by atoms with Gasteiger partial charge in [-0.2, -0.15) is 15.0 Å². The van der Waals surface area contributed by atoms with E-state index in [4.69, 9.17) is 11.6 Å². The molecule has 0 saturated heterocycles. The first kappa shape index (κ1) is 14.5. The van der Waals surface area contributed by atoms with Crippen LogP contribution in [0.3, 0.4) is 0 Å². The predicted molar refractivity (Wildman–Crippen MR) is 80.0 cm³/mol. The Bertz CT molecular complexity index is 544. The van der Waals surface area contributed by atoms with Crippen molar-refractivity contribution < 1.29 is 0 Å². The Morgan fingerprint density at radius 2 is 1.95 bits per heavy atom. The van der Waals surface area contributed by atoms with Gasteiger partial charge in [0.1, 0.15) is 0 Å². The molecule has 0 aliphatic carbocycles. The van der Waals surface area contributed by atoms with Crippen LogP contribution in [0.4, 0.5) is 11.9 Å². The fourth-order valence-electron chi connectivity index (χ4n) is 1.74. The number of halogens is 1. The highest BCUT2D eigenvalue weighted by Gasteiger charge is 2.09. The Morgan fingerprint density at radius 3 is 2.60 bits per heavy atom. The van der Waals surface area contributed by atoms with Gasteiger partial charge >= 0.3 is 0 Å². The molecule has 106 valence electrons. The van der Waals surface area contributed by atoms with Crippen molar-refractivity contribution in [3.63, 3.8) is 0 Å². The topological polar surface area (TPSA) is 66.8 Å². The number of nitrogens with one attached hydrogen (secondary N) is 1. The first-order valence-corrected chi connectivity index (χ1v) is 6.91. The van der Waals surface area contributed by atoms with E-state index in [0.717, 1.165) is 18.8 Å². The second-order valence-electron chi connectivity index (χ2n) is 4.07. The molecule has 0 aliphatic heterocycles. The molecule has 0 amide bonds. The molecule has 0 spiro atoms. The summed E-state index contributed by atoms with van der Waals surface area (Å²) in [5, 5.41) is 3.29. The van der Waals surface area contributed by atoms with Crippen LogP contribution >= 0.6 is 11.6 Å². The van der Waals surface area contributed by atoms with Gasteiger partial charge < -0.3 is 10.2 Å². The molecule has 0 fully saturated rings. The van der Waals surface area contributed by atoms with E-state index in [9.17, 15) is 0 Å². The molecule has 0 saturated carbocycles. The second kappa shape index (κ2) is 7.00. The highest BCUT2D eigenvalue weighted by atomic mass is 35.5. The molecule has 2 aromatic heterocycles. The van der Waals surface area contributed by atoms with Gasteiger partial charge in [-0.25, -0.2) is 0 Å². The summed E-state index contributed by atoms with van der Waals surface area (Å²) in [6.45, 7) is 6.26. The van der Waals surface area contributed by atoms with Crippen LogP contribution in [0.1, 0.15) is 19.5 Å². The minimum Gasteiger partial charge on any atom is -0.348 e. The first-order valence-electron chi connectivity index (χ1n) is 6.53. The van der Waals surface area contributed by atoms with Crippen molar-refractivity contribution in [1.82, 2.24) is 19.9 Å². The first-order chi connectivity index (χ1) is 9.72. The number of hydrogen-bond donors (Lipinski definition) is 1. The van der Waals surface area contributed by atoms with E-state index in [-0.39, 0.29) is 5.28 Å². The van der Waals surface area contributed by atoms with Gasteiger partial charge in [0.05, 0.1) is 12.2 Å². The fraction of sp³-hybridized carbons (Fsp3) is 0.385. The van der Waals surface area contributed by atoms with Crippen LogP contribution in [-0.2, 0) is 6.54 Å².